The molecule has 0 spiro atoms. The van der Waals surface area contributed by atoms with Gasteiger partial charge in [0.25, 0.3) is 0 Å². The van der Waals surface area contributed by atoms with E-state index in [9.17, 15) is 9.90 Å². The van der Waals surface area contributed by atoms with E-state index in [1.165, 1.54) is 16.6 Å². The fraction of sp³-hybridized carbons (Fsp3) is 0.318. The number of carbonyl (C=O) groups is 1. The first-order chi connectivity index (χ1) is 13.1. The largest absolute Gasteiger partial charge is 0.478 e. The van der Waals surface area contributed by atoms with Gasteiger partial charge in [0, 0.05) is 49.1 Å². The number of para-hydroxylation sites is 2. The van der Waals surface area contributed by atoms with Crippen molar-refractivity contribution in [3.8, 4) is 5.75 Å². The SMILES string of the molecule is Cc1c(CN2CCC(Oc3ccccc3)(C(=O)O)CC2)[nH]c2ccccc12. The molecular weight excluding hydrogens is 340 g/mol. The van der Waals surface area contributed by atoms with Crippen molar-refractivity contribution in [3.05, 3.63) is 65.9 Å². The number of rotatable bonds is 5. The third-order valence-electron chi connectivity index (χ3n) is 5.56. The molecule has 0 saturated carbocycles. The van der Waals surface area contributed by atoms with E-state index >= 15 is 0 Å². The van der Waals surface area contributed by atoms with E-state index in [2.05, 4.69) is 35.0 Å². The number of likely N-dealkylation sites (tertiary alicyclic amines) is 1. The Kier molecular flexibility index (Phi) is 4.62. The number of aromatic amines is 1. The highest BCUT2D eigenvalue weighted by molar-refractivity contribution is 5.84. The molecule has 0 atom stereocenters. The molecule has 0 aliphatic carbocycles. The van der Waals surface area contributed by atoms with Crippen molar-refractivity contribution in [1.29, 1.82) is 0 Å². The summed E-state index contributed by atoms with van der Waals surface area (Å²) in [7, 11) is 0. The van der Waals surface area contributed by atoms with E-state index in [4.69, 9.17) is 4.74 Å². The number of hydrogen-bond donors (Lipinski definition) is 2. The van der Waals surface area contributed by atoms with Crippen molar-refractivity contribution in [2.24, 2.45) is 0 Å². The van der Waals surface area contributed by atoms with Crippen LogP contribution in [0.1, 0.15) is 24.1 Å². The number of carboxylic acid groups (broad SMARTS) is 1. The maximum Gasteiger partial charge on any atom is 0.348 e. The predicted octanol–water partition coefficient (Wildman–Crippen LogP) is 3.97. The lowest BCUT2D eigenvalue weighted by molar-refractivity contribution is -0.159. The number of fused-ring (bicyclic) bond motifs is 1. The molecule has 1 aliphatic rings. The second-order valence-electron chi connectivity index (χ2n) is 7.26. The van der Waals surface area contributed by atoms with Gasteiger partial charge < -0.3 is 14.8 Å². The van der Waals surface area contributed by atoms with Gasteiger partial charge in [-0.25, -0.2) is 4.79 Å². The van der Waals surface area contributed by atoms with Gasteiger partial charge in [0.1, 0.15) is 5.75 Å². The van der Waals surface area contributed by atoms with Crippen molar-refractivity contribution in [2.75, 3.05) is 13.1 Å². The van der Waals surface area contributed by atoms with E-state index in [1.54, 1.807) is 0 Å². The first-order valence-electron chi connectivity index (χ1n) is 9.33. The molecule has 1 aromatic heterocycles. The van der Waals surface area contributed by atoms with Crippen molar-refractivity contribution in [3.63, 3.8) is 0 Å². The molecule has 1 aliphatic heterocycles. The minimum Gasteiger partial charge on any atom is -0.478 e. The number of aryl methyl sites for hydroxylation is 1. The van der Waals surface area contributed by atoms with Crippen LogP contribution in [0.25, 0.3) is 10.9 Å². The molecule has 2 N–H and O–H groups in total. The van der Waals surface area contributed by atoms with Crippen LogP contribution in [0.4, 0.5) is 0 Å². The van der Waals surface area contributed by atoms with Crippen LogP contribution in [0.5, 0.6) is 5.75 Å². The van der Waals surface area contributed by atoms with E-state index in [0.717, 1.165) is 12.1 Å². The van der Waals surface area contributed by atoms with Crippen LogP contribution in [0.2, 0.25) is 0 Å². The molecule has 140 valence electrons. The number of H-pyrrole nitrogens is 1. The van der Waals surface area contributed by atoms with Crippen molar-refractivity contribution in [1.82, 2.24) is 9.88 Å². The summed E-state index contributed by atoms with van der Waals surface area (Å²) in [6, 6.07) is 17.5. The Bertz CT molecular complexity index is 941. The Morgan fingerprint density at radius 2 is 1.78 bits per heavy atom. The monoisotopic (exact) mass is 364 g/mol. The van der Waals surface area contributed by atoms with Gasteiger partial charge in [0.15, 0.2) is 0 Å². The first kappa shape index (κ1) is 17.6. The third-order valence-corrected chi connectivity index (χ3v) is 5.56. The first-order valence-corrected chi connectivity index (χ1v) is 9.33. The standard InChI is InChI=1S/C22H24N2O3/c1-16-18-9-5-6-10-19(18)23-20(16)15-24-13-11-22(12-14-24,21(25)26)27-17-7-3-2-4-8-17/h2-10,23H,11-15H2,1H3,(H,25,26). The molecule has 1 saturated heterocycles. The molecular formula is C22H24N2O3. The lowest BCUT2D eigenvalue weighted by Crippen LogP contribution is -2.53. The zero-order chi connectivity index (χ0) is 18.9. The van der Waals surface area contributed by atoms with Crippen LogP contribution in [0, 0.1) is 6.92 Å². The van der Waals surface area contributed by atoms with E-state index in [-0.39, 0.29) is 0 Å². The lowest BCUT2D eigenvalue weighted by atomic mass is 9.91. The highest BCUT2D eigenvalue weighted by Crippen LogP contribution is 2.31. The third kappa shape index (κ3) is 3.43. The Hall–Kier alpha value is -2.79. The van der Waals surface area contributed by atoms with E-state index < -0.39 is 11.6 Å². The molecule has 1 fully saturated rings. The van der Waals surface area contributed by atoms with Gasteiger partial charge in [0.2, 0.25) is 5.60 Å². The molecule has 5 heteroatoms. The second-order valence-corrected chi connectivity index (χ2v) is 7.26. The van der Waals surface area contributed by atoms with Gasteiger partial charge in [0.05, 0.1) is 0 Å². The molecule has 5 nitrogen and oxygen atoms in total. The molecule has 0 bridgehead atoms. The number of nitrogens with zero attached hydrogens (tertiary/aromatic N) is 1. The summed E-state index contributed by atoms with van der Waals surface area (Å²) in [5.41, 5.74) is 2.46. The van der Waals surface area contributed by atoms with Gasteiger partial charge >= 0.3 is 5.97 Å². The quantitative estimate of drug-likeness (QED) is 0.719. The molecule has 3 aromatic rings. The highest BCUT2D eigenvalue weighted by Gasteiger charge is 2.44. The molecule has 0 amide bonds. The van der Waals surface area contributed by atoms with Gasteiger partial charge in [-0.05, 0) is 30.7 Å². The minimum absolute atomic E-state index is 0.469. The van der Waals surface area contributed by atoms with Crippen LogP contribution in [0.3, 0.4) is 0 Å². The zero-order valence-corrected chi connectivity index (χ0v) is 15.4. The number of carboxylic acids is 1. The fourth-order valence-electron chi connectivity index (χ4n) is 3.87. The number of nitrogens with one attached hydrogen (secondary N) is 1. The smallest absolute Gasteiger partial charge is 0.348 e. The zero-order valence-electron chi connectivity index (χ0n) is 15.4. The number of aromatic nitrogens is 1. The Balaban J connectivity index is 1.46. The lowest BCUT2D eigenvalue weighted by Gasteiger charge is -2.38. The Morgan fingerprint density at radius 3 is 2.44 bits per heavy atom. The Morgan fingerprint density at radius 1 is 1.11 bits per heavy atom. The van der Waals surface area contributed by atoms with Crippen molar-refractivity contribution >= 4 is 16.9 Å². The van der Waals surface area contributed by atoms with Crippen molar-refractivity contribution in [2.45, 2.75) is 31.9 Å². The Labute approximate surface area is 158 Å². The van der Waals surface area contributed by atoms with Gasteiger partial charge in [-0.3, -0.25) is 4.90 Å². The normalized spacial score (nSPS) is 17.1. The molecule has 0 radical (unpaired) electrons. The summed E-state index contributed by atoms with van der Waals surface area (Å²) in [5, 5.41) is 11.1. The summed E-state index contributed by atoms with van der Waals surface area (Å²) in [6.07, 6.45) is 0.938. The number of benzene rings is 2. The van der Waals surface area contributed by atoms with Gasteiger partial charge in [-0.1, -0.05) is 36.4 Å². The number of piperidine rings is 1. The second kappa shape index (κ2) is 7.08. The topological polar surface area (TPSA) is 65.6 Å². The van der Waals surface area contributed by atoms with E-state index in [1.807, 2.05) is 36.4 Å². The highest BCUT2D eigenvalue weighted by atomic mass is 16.5. The number of hydrogen-bond acceptors (Lipinski definition) is 3. The van der Waals surface area contributed by atoms with Gasteiger partial charge in [-0.2, -0.15) is 0 Å². The van der Waals surface area contributed by atoms with E-state index in [0.29, 0.717) is 31.7 Å². The maximum atomic E-state index is 12.0. The number of ether oxygens (including phenoxy) is 1. The van der Waals surface area contributed by atoms with Gasteiger partial charge in [-0.15, -0.1) is 0 Å². The number of aliphatic carboxylic acids is 1. The molecule has 27 heavy (non-hydrogen) atoms. The van der Waals surface area contributed by atoms with Crippen LogP contribution < -0.4 is 4.74 Å². The average Bonchev–Trinajstić information content (AvgIpc) is 3.00. The average molecular weight is 364 g/mol. The molecule has 0 unspecified atom stereocenters. The van der Waals surface area contributed by atoms with Crippen LogP contribution in [0.15, 0.2) is 54.6 Å². The maximum absolute atomic E-state index is 12.0. The minimum atomic E-state index is -1.15. The summed E-state index contributed by atoms with van der Waals surface area (Å²) in [4.78, 5) is 17.8. The van der Waals surface area contributed by atoms with Crippen molar-refractivity contribution < 1.29 is 14.6 Å². The summed E-state index contributed by atoms with van der Waals surface area (Å²) < 4.78 is 5.94. The summed E-state index contributed by atoms with van der Waals surface area (Å²) in [5.74, 6) is -0.271. The van der Waals surface area contributed by atoms with Crippen LogP contribution >= 0.6 is 0 Å². The summed E-state index contributed by atoms with van der Waals surface area (Å²) in [6.45, 7) is 4.31. The molecule has 4 rings (SSSR count). The molecule has 2 aromatic carbocycles. The predicted molar refractivity (Wildman–Crippen MR) is 105 cm³/mol. The fourth-order valence-corrected chi connectivity index (χ4v) is 3.87. The summed E-state index contributed by atoms with van der Waals surface area (Å²) >= 11 is 0. The van der Waals surface area contributed by atoms with Crippen LogP contribution in [-0.4, -0.2) is 39.7 Å². The molecule has 2 heterocycles. The van der Waals surface area contributed by atoms with Crippen LogP contribution in [-0.2, 0) is 11.3 Å².